The van der Waals surface area contributed by atoms with Gasteiger partial charge in [-0.05, 0) is 116 Å². The minimum Gasteiger partial charge on any atom is -0.477 e. The molecule has 0 aromatic rings. The molecule has 0 saturated carbocycles. The van der Waals surface area contributed by atoms with E-state index in [1.54, 1.807) is 0 Å². The summed E-state index contributed by atoms with van der Waals surface area (Å²) in [4.78, 5) is 37.3. The van der Waals surface area contributed by atoms with Crippen molar-refractivity contribution in [1.82, 2.24) is 0 Å². The van der Waals surface area contributed by atoms with Gasteiger partial charge in [0.15, 0.2) is 6.10 Å². The number of aliphatic carboxylic acids is 1. The predicted molar refractivity (Wildman–Crippen MR) is 299 cm³/mol. The van der Waals surface area contributed by atoms with Crippen LogP contribution in [0.4, 0.5) is 0 Å². The molecule has 71 heavy (non-hydrogen) atoms. The monoisotopic (exact) mass is 981 g/mol. The molecule has 9 heteroatoms. The van der Waals surface area contributed by atoms with E-state index in [9.17, 15) is 19.5 Å². The zero-order chi connectivity index (χ0) is 52.0. The Morgan fingerprint density at radius 3 is 1.04 bits per heavy atom. The highest BCUT2D eigenvalue weighted by molar-refractivity contribution is 5.71. The van der Waals surface area contributed by atoms with Crippen molar-refractivity contribution in [2.45, 2.75) is 155 Å². The SMILES string of the molecule is CC/C=C\C/C=C\C/C=C\C/C=C\C/C=C\C/C=C\C/C=C\CCCC(=O)OCC(COC(OCC[N+](C)(C)C)C(=O)O)OC(=O)CCC/C=C\C/C=C\C/C=C\C/C=C\C/C=C\C/C=C\C/C=C\CC. The first-order valence-electron chi connectivity index (χ1n) is 26.3. The highest BCUT2D eigenvalue weighted by Gasteiger charge is 2.25. The molecule has 1 N–H and O–H groups in total. The number of hydrogen-bond acceptors (Lipinski definition) is 7. The summed E-state index contributed by atoms with van der Waals surface area (Å²) in [5.74, 6) is -2.20. The van der Waals surface area contributed by atoms with E-state index in [2.05, 4.69) is 178 Å². The quantitative estimate of drug-likeness (QED) is 0.0211. The summed E-state index contributed by atoms with van der Waals surface area (Å²) in [6.45, 7) is 4.46. The van der Waals surface area contributed by atoms with Crippen LogP contribution in [0, 0.1) is 0 Å². The van der Waals surface area contributed by atoms with Crippen molar-refractivity contribution in [3.05, 3.63) is 170 Å². The van der Waals surface area contributed by atoms with Gasteiger partial charge in [0.05, 0.1) is 34.4 Å². The third-order valence-electron chi connectivity index (χ3n) is 9.97. The van der Waals surface area contributed by atoms with Crippen LogP contribution < -0.4 is 0 Å². The summed E-state index contributed by atoms with van der Waals surface area (Å²) in [5, 5.41) is 9.68. The van der Waals surface area contributed by atoms with Crippen LogP contribution in [0.1, 0.15) is 142 Å². The van der Waals surface area contributed by atoms with E-state index < -0.39 is 30.3 Å². The van der Waals surface area contributed by atoms with E-state index in [0.717, 1.165) is 96.3 Å². The molecule has 2 unspecified atom stereocenters. The van der Waals surface area contributed by atoms with Crippen LogP contribution >= 0.6 is 0 Å². The number of carboxylic acid groups (broad SMARTS) is 1. The van der Waals surface area contributed by atoms with E-state index in [0.29, 0.717) is 30.3 Å². The maximum Gasteiger partial charge on any atom is 0.361 e. The number of ether oxygens (including phenoxy) is 4. The molecule has 0 heterocycles. The molecule has 0 saturated heterocycles. The maximum atomic E-state index is 12.8. The summed E-state index contributed by atoms with van der Waals surface area (Å²) >= 11 is 0. The maximum absolute atomic E-state index is 12.8. The van der Waals surface area contributed by atoms with Crippen molar-refractivity contribution >= 4 is 17.9 Å². The number of carbonyl (C=O) groups excluding carboxylic acids is 2. The smallest absolute Gasteiger partial charge is 0.361 e. The molecule has 0 spiro atoms. The summed E-state index contributed by atoms with van der Waals surface area (Å²) < 4.78 is 22.7. The Balaban J connectivity index is 4.59. The van der Waals surface area contributed by atoms with Crippen molar-refractivity contribution in [2.24, 2.45) is 0 Å². The first-order valence-corrected chi connectivity index (χ1v) is 26.3. The lowest BCUT2D eigenvalue weighted by Gasteiger charge is -2.25. The number of likely N-dealkylation sites (N-methyl/N-ethyl adjacent to an activating group) is 1. The lowest BCUT2D eigenvalue weighted by Crippen LogP contribution is -2.40. The molecular formula is C62H94NO8+. The number of allylic oxidation sites excluding steroid dienone is 28. The van der Waals surface area contributed by atoms with Crippen LogP contribution in [0.25, 0.3) is 0 Å². The highest BCUT2D eigenvalue weighted by Crippen LogP contribution is 2.09. The summed E-state index contributed by atoms with van der Waals surface area (Å²) in [6, 6.07) is 0. The molecule has 0 aromatic heterocycles. The standard InChI is InChI=1S/C62H93NO8/c1-6-8-10-12-14-16-18-20-22-24-26-28-30-32-34-36-38-40-42-44-46-48-50-52-59(64)69-56-58(57-70-62(61(66)67)68-55-54-63(3,4)5)71-60(65)53-51-49-47-45-43-41-39-37-35-33-31-29-27-25-23-21-19-17-15-13-11-9-7-2/h8-11,14-17,20-23,26-29,32-35,38-41,44-47,58,62H,6-7,12-13,18-19,24-25,30-31,36-37,42-43,48-57H2,1-5H3/p+1/b10-8-,11-9-,16-14-,17-15-,22-20-,23-21-,28-26-,29-27-,34-32-,35-33-,40-38-,41-39-,46-44-,47-45-. The molecule has 0 fully saturated rings. The number of carbonyl (C=O) groups is 3. The lowest BCUT2D eigenvalue weighted by atomic mass is 10.2. The van der Waals surface area contributed by atoms with Gasteiger partial charge in [-0.3, -0.25) is 9.59 Å². The molecule has 0 rings (SSSR count). The van der Waals surface area contributed by atoms with E-state index in [1.807, 2.05) is 27.2 Å². The molecular weight excluding hydrogens is 887 g/mol. The number of carboxylic acids is 1. The van der Waals surface area contributed by atoms with E-state index in [1.165, 1.54) is 0 Å². The van der Waals surface area contributed by atoms with Gasteiger partial charge in [-0.25, -0.2) is 4.79 Å². The van der Waals surface area contributed by atoms with Crippen LogP contribution in [0.5, 0.6) is 0 Å². The number of hydrogen-bond donors (Lipinski definition) is 1. The lowest BCUT2D eigenvalue weighted by molar-refractivity contribution is -0.870. The number of nitrogens with zero attached hydrogens (tertiary/aromatic N) is 1. The van der Waals surface area contributed by atoms with Gasteiger partial charge in [0.2, 0.25) is 0 Å². The van der Waals surface area contributed by atoms with Gasteiger partial charge in [-0.2, -0.15) is 0 Å². The summed E-state index contributed by atoms with van der Waals surface area (Å²) in [6.07, 6.45) is 74.4. The second kappa shape index (κ2) is 51.0. The van der Waals surface area contributed by atoms with Gasteiger partial charge in [0, 0.05) is 12.8 Å². The second-order valence-corrected chi connectivity index (χ2v) is 17.7. The number of unbranched alkanes of at least 4 members (excludes halogenated alkanes) is 2. The Morgan fingerprint density at radius 2 is 0.732 bits per heavy atom. The van der Waals surface area contributed by atoms with E-state index in [-0.39, 0.29) is 32.7 Å². The normalized spacial score (nSPS) is 14.2. The van der Waals surface area contributed by atoms with Crippen LogP contribution in [0.3, 0.4) is 0 Å². The largest absolute Gasteiger partial charge is 0.477 e. The molecule has 2 atom stereocenters. The van der Waals surface area contributed by atoms with Crippen molar-refractivity contribution in [3.8, 4) is 0 Å². The molecule has 0 bridgehead atoms. The zero-order valence-electron chi connectivity index (χ0n) is 44.5. The molecule has 0 amide bonds. The van der Waals surface area contributed by atoms with Crippen molar-refractivity contribution in [1.29, 1.82) is 0 Å². The van der Waals surface area contributed by atoms with E-state index >= 15 is 0 Å². The second-order valence-electron chi connectivity index (χ2n) is 17.7. The molecule has 0 aliphatic heterocycles. The predicted octanol–water partition coefficient (Wildman–Crippen LogP) is 15.2. The number of quaternary nitrogens is 1. The molecule has 0 aromatic carbocycles. The van der Waals surface area contributed by atoms with Gasteiger partial charge in [0.25, 0.3) is 6.29 Å². The molecule has 9 nitrogen and oxygen atoms in total. The van der Waals surface area contributed by atoms with Crippen LogP contribution in [0.2, 0.25) is 0 Å². The minimum absolute atomic E-state index is 0.155. The Bertz CT molecular complexity index is 1760. The topological polar surface area (TPSA) is 108 Å². The van der Waals surface area contributed by atoms with Gasteiger partial charge in [0.1, 0.15) is 13.2 Å². The average Bonchev–Trinajstić information content (AvgIpc) is 3.34. The molecule has 394 valence electrons. The third kappa shape index (κ3) is 52.3. The first-order chi connectivity index (χ1) is 34.6. The average molecular weight is 981 g/mol. The van der Waals surface area contributed by atoms with Gasteiger partial charge in [-0.15, -0.1) is 0 Å². The third-order valence-corrected chi connectivity index (χ3v) is 9.97. The summed E-state index contributed by atoms with van der Waals surface area (Å²) in [7, 11) is 5.91. The molecule has 0 aliphatic rings. The molecule has 0 radical (unpaired) electrons. The van der Waals surface area contributed by atoms with Crippen LogP contribution in [0.15, 0.2) is 170 Å². The fourth-order valence-corrected chi connectivity index (χ4v) is 5.99. The summed E-state index contributed by atoms with van der Waals surface area (Å²) in [5.41, 5.74) is 0. The Kier molecular flexibility index (Phi) is 47.2. The fourth-order valence-electron chi connectivity index (χ4n) is 5.99. The highest BCUT2D eigenvalue weighted by atomic mass is 16.7. The van der Waals surface area contributed by atoms with Crippen LogP contribution in [-0.4, -0.2) is 87.4 Å². The van der Waals surface area contributed by atoms with Gasteiger partial charge in [-0.1, -0.05) is 184 Å². The fraction of sp³-hybridized carbons (Fsp3) is 0.500. The Hall–Kier alpha value is -5.35. The van der Waals surface area contributed by atoms with Crippen LogP contribution in [-0.2, 0) is 33.3 Å². The van der Waals surface area contributed by atoms with E-state index in [4.69, 9.17) is 18.9 Å². The van der Waals surface area contributed by atoms with Crippen molar-refractivity contribution in [3.63, 3.8) is 0 Å². The minimum atomic E-state index is -1.55. The van der Waals surface area contributed by atoms with Crippen molar-refractivity contribution in [2.75, 3.05) is 47.5 Å². The van der Waals surface area contributed by atoms with Crippen molar-refractivity contribution < 1.29 is 42.9 Å². The zero-order valence-corrected chi connectivity index (χ0v) is 44.5. The number of rotatable bonds is 45. The Morgan fingerprint density at radius 1 is 0.423 bits per heavy atom. The Labute approximate surface area is 431 Å². The van der Waals surface area contributed by atoms with Gasteiger partial charge < -0.3 is 28.5 Å². The number of esters is 2. The van der Waals surface area contributed by atoms with Gasteiger partial charge >= 0.3 is 17.9 Å². The first kappa shape index (κ1) is 65.7. The molecule has 0 aliphatic carbocycles.